The summed E-state index contributed by atoms with van der Waals surface area (Å²) in [4.78, 5) is 1.07. The van der Waals surface area contributed by atoms with Gasteiger partial charge in [0.15, 0.2) is 0 Å². The average molecular weight is 384 g/mol. The van der Waals surface area contributed by atoms with Crippen LogP contribution in [-0.4, -0.2) is 0 Å². The molecule has 26 heavy (non-hydrogen) atoms. The van der Waals surface area contributed by atoms with Crippen molar-refractivity contribution >= 4 is 23.6 Å². The molecule has 3 aromatic rings. The summed E-state index contributed by atoms with van der Waals surface area (Å²) in [7, 11) is 0. The molecule has 4 heteroatoms. The van der Waals surface area contributed by atoms with E-state index in [-0.39, 0.29) is 0 Å². The summed E-state index contributed by atoms with van der Waals surface area (Å²) >= 11 is 7.80. The van der Waals surface area contributed by atoms with Crippen LogP contribution in [-0.2, 0) is 16.3 Å². The molecule has 0 unspecified atom stereocenters. The third-order valence-electron chi connectivity index (χ3n) is 4.07. The highest BCUT2D eigenvalue weighted by Crippen LogP contribution is 2.31. The van der Waals surface area contributed by atoms with E-state index < -0.39 is 5.54 Å². The molecule has 0 radical (unpaired) electrons. The first-order valence-electron chi connectivity index (χ1n) is 8.46. The van der Waals surface area contributed by atoms with E-state index in [2.05, 4.69) is 42.5 Å². The van der Waals surface area contributed by atoms with Gasteiger partial charge in [0, 0.05) is 27.5 Å². The lowest BCUT2D eigenvalue weighted by atomic mass is 9.93. The minimum atomic E-state index is -0.452. The zero-order valence-corrected chi connectivity index (χ0v) is 16.5. The fourth-order valence-corrected chi connectivity index (χ4v) is 3.66. The predicted octanol–water partition coefficient (Wildman–Crippen LogP) is 6.42. The second kappa shape index (κ2) is 8.28. The number of hydrogen-bond acceptors (Lipinski definition) is 3. The zero-order valence-electron chi connectivity index (χ0n) is 14.9. The predicted molar refractivity (Wildman–Crippen MR) is 111 cm³/mol. The summed E-state index contributed by atoms with van der Waals surface area (Å²) in [5, 5.41) is 0.694. The smallest absolute Gasteiger partial charge is 0.0869 e. The van der Waals surface area contributed by atoms with E-state index in [1.807, 2.05) is 44.2 Å². The van der Waals surface area contributed by atoms with Crippen LogP contribution < -0.4 is 5.73 Å². The summed E-state index contributed by atoms with van der Waals surface area (Å²) in [5.41, 5.74) is 10.00. The standard InChI is InChI=1S/C22H22ClNOS/c1-22(2,24)20-13-10-18(14-21(20)23)17-8-11-19(12-9-17)26-25-15-16-6-4-3-5-7-16/h3-14H,15,24H2,1-2H3. The molecule has 3 aromatic carbocycles. The maximum absolute atomic E-state index is 6.42. The van der Waals surface area contributed by atoms with Crippen molar-refractivity contribution in [1.29, 1.82) is 0 Å². The minimum Gasteiger partial charge on any atom is -0.322 e. The molecule has 134 valence electrons. The minimum absolute atomic E-state index is 0.452. The van der Waals surface area contributed by atoms with Crippen LogP contribution in [0.3, 0.4) is 0 Å². The van der Waals surface area contributed by atoms with E-state index >= 15 is 0 Å². The van der Waals surface area contributed by atoms with Crippen LogP contribution in [0.4, 0.5) is 0 Å². The summed E-state index contributed by atoms with van der Waals surface area (Å²) in [6, 6.07) is 24.4. The van der Waals surface area contributed by atoms with Crippen molar-refractivity contribution in [2.24, 2.45) is 5.73 Å². The Balaban J connectivity index is 1.65. The summed E-state index contributed by atoms with van der Waals surface area (Å²) in [5.74, 6) is 0. The third-order valence-corrected chi connectivity index (χ3v) is 5.09. The SMILES string of the molecule is CC(C)(N)c1ccc(-c2ccc(SOCc3ccccc3)cc2)cc1Cl. The van der Waals surface area contributed by atoms with E-state index in [0.717, 1.165) is 27.1 Å². The van der Waals surface area contributed by atoms with Gasteiger partial charge in [0.25, 0.3) is 0 Å². The fraction of sp³-hybridized carbons (Fsp3) is 0.182. The number of hydrogen-bond donors (Lipinski definition) is 1. The van der Waals surface area contributed by atoms with Crippen LogP contribution in [0.15, 0.2) is 77.7 Å². The van der Waals surface area contributed by atoms with Crippen molar-refractivity contribution in [3.63, 3.8) is 0 Å². The number of nitrogens with two attached hydrogens (primary N) is 1. The maximum Gasteiger partial charge on any atom is 0.0869 e. The van der Waals surface area contributed by atoms with Gasteiger partial charge >= 0.3 is 0 Å². The first-order valence-corrected chi connectivity index (χ1v) is 9.58. The number of rotatable bonds is 6. The molecule has 2 N–H and O–H groups in total. The molecule has 2 nitrogen and oxygen atoms in total. The quantitative estimate of drug-likeness (QED) is 0.498. The number of halogens is 1. The summed E-state index contributed by atoms with van der Waals surface area (Å²) in [6.07, 6.45) is 0. The van der Waals surface area contributed by atoms with Crippen molar-refractivity contribution in [3.05, 3.63) is 88.9 Å². The van der Waals surface area contributed by atoms with Gasteiger partial charge in [-0.2, -0.15) is 0 Å². The summed E-state index contributed by atoms with van der Waals surface area (Å²) < 4.78 is 5.71. The largest absolute Gasteiger partial charge is 0.322 e. The first kappa shape index (κ1) is 19.0. The van der Waals surface area contributed by atoms with Crippen molar-refractivity contribution in [3.8, 4) is 11.1 Å². The highest BCUT2D eigenvalue weighted by atomic mass is 35.5. The Labute approximate surface area is 164 Å². The molecule has 0 aliphatic heterocycles. The molecule has 0 aromatic heterocycles. The number of benzene rings is 3. The molecule has 0 aliphatic rings. The van der Waals surface area contributed by atoms with Gasteiger partial charge < -0.3 is 9.92 Å². The monoisotopic (exact) mass is 383 g/mol. The van der Waals surface area contributed by atoms with E-state index in [9.17, 15) is 0 Å². The van der Waals surface area contributed by atoms with Crippen LogP contribution in [0.25, 0.3) is 11.1 Å². The third kappa shape index (κ3) is 4.89. The van der Waals surface area contributed by atoms with Gasteiger partial charge in [-0.05, 0) is 54.3 Å². The van der Waals surface area contributed by atoms with Crippen LogP contribution in [0.5, 0.6) is 0 Å². The molecule has 0 fully saturated rings. The molecule has 0 saturated carbocycles. The lowest BCUT2D eigenvalue weighted by Crippen LogP contribution is -2.28. The Kier molecular flexibility index (Phi) is 6.05. The molecule has 0 amide bonds. The van der Waals surface area contributed by atoms with Crippen molar-refractivity contribution in [1.82, 2.24) is 0 Å². The van der Waals surface area contributed by atoms with Crippen molar-refractivity contribution in [2.75, 3.05) is 0 Å². The Morgan fingerprint density at radius 1 is 0.923 bits per heavy atom. The molecule has 0 bridgehead atoms. The van der Waals surface area contributed by atoms with Crippen molar-refractivity contribution < 1.29 is 4.18 Å². The van der Waals surface area contributed by atoms with Crippen LogP contribution in [0.1, 0.15) is 25.0 Å². The van der Waals surface area contributed by atoms with Gasteiger partial charge in [-0.3, -0.25) is 0 Å². The van der Waals surface area contributed by atoms with Gasteiger partial charge in [-0.25, -0.2) is 0 Å². The van der Waals surface area contributed by atoms with Crippen LogP contribution in [0, 0.1) is 0 Å². The highest BCUT2D eigenvalue weighted by Gasteiger charge is 2.17. The molecule has 0 saturated heterocycles. The van der Waals surface area contributed by atoms with Gasteiger partial charge in [0.05, 0.1) is 6.61 Å². The molecular weight excluding hydrogens is 362 g/mol. The van der Waals surface area contributed by atoms with E-state index in [1.165, 1.54) is 12.0 Å². The van der Waals surface area contributed by atoms with Gasteiger partial charge in [-0.1, -0.05) is 66.2 Å². The van der Waals surface area contributed by atoms with E-state index in [0.29, 0.717) is 11.6 Å². The zero-order chi connectivity index (χ0) is 18.6. The van der Waals surface area contributed by atoms with Crippen LogP contribution >= 0.6 is 23.6 Å². The van der Waals surface area contributed by atoms with Gasteiger partial charge in [0.2, 0.25) is 0 Å². The van der Waals surface area contributed by atoms with E-state index in [1.54, 1.807) is 0 Å². The van der Waals surface area contributed by atoms with E-state index in [4.69, 9.17) is 21.5 Å². The van der Waals surface area contributed by atoms with Crippen molar-refractivity contribution in [2.45, 2.75) is 30.9 Å². The normalized spacial score (nSPS) is 11.5. The molecule has 0 spiro atoms. The first-order chi connectivity index (χ1) is 12.4. The second-order valence-electron chi connectivity index (χ2n) is 6.77. The van der Waals surface area contributed by atoms with Crippen LogP contribution in [0.2, 0.25) is 5.02 Å². The Morgan fingerprint density at radius 3 is 2.19 bits per heavy atom. The molecule has 3 rings (SSSR count). The Bertz CT molecular complexity index is 858. The lowest BCUT2D eigenvalue weighted by Gasteiger charge is -2.21. The maximum atomic E-state index is 6.42. The molecule has 0 aliphatic carbocycles. The average Bonchev–Trinajstić information content (AvgIpc) is 2.62. The fourth-order valence-electron chi connectivity index (χ4n) is 2.66. The summed E-state index contributed by atoms with van der Waals surface area (Å²) in [6.45, 7) is 4.49. The molecule has 0 heterocycles. The second-order valence-corrected chi connectivity index (χ2v) is 8.05. The highest BCUT2D eigenvalue weighted by molar-refractivity contribution is 7.94. The topological polar surface area (TPSA) is 35.2 Å². The Morgan fingerprint density at radius 2 is 1.58 bits per heavy atom. The Hall–Kier alpha value is -1.78. The van der Waals surface area contributed by atoms with Gasteiger partial charge in [0.1, 0.15) is 0 Å². The molecule has 0 atom stereocenters. The molecular formula is C22H22ClNOS. The lowest BCUT2D eigenvalue weighted by molar-refractivity contribution is 0.364. The van der Waals surface area contributed by atoms with Gasteiger partial charge in [-0.15, -0.1) is 0 Å².